The van der Waals surface area contributed by atoms with Gasteiger partial charge in [0.05, 0.1) is 0 Å². The summed E-state index contributed by atoms with van der Waals surface area (Å²) >= 11 is 1.55. The topological polar surface area (TPSA) is 34.5 Å². The fourth-order valence-corrected chi connectivity index (χ4v) is 1.29. The fourth-order valence-electron chi connectivity index (χ4n) is 0.495. The van der Waals surface area contributed by atoms with E-state index in [9.17, 15) is 0 Å². The average Bonchev–Trinajstić information content (AvgIpc) is 2.39. The van der Waals surface area contributed by atoms with Crippen LogP contribution in [-0.4, -0.2) is 20.2 Å². The van der Waals surface area contributed by atoms with E-state index in [0.717, 1.165) is 5.01 Å². The zero-order chi connectivity index (χ0) is 8.10. The summed E-state index contributed by atoms with van der Waals surface area (Å²) in [6, 6.07) is 0. The smallest absolute Gasteiger partial charge is 0.266 e. The Morgan fingerprint density at radius 1 is 1.73 bits per heavy atom. The summed E-state index contributed by atoms with van der Waals surface area (Å²) in [5.41, 5.74) is 0. The Hall–Kier alpha value is -0.683. The first-order chi connectivity index (χ1) is 5.29. The first-order valence-corrected chi connectivity index (χ1v) is 7.04. The Morgan fingerprint density at radius 2 is 2.55 bits per heavy atom. The van der Waals surface area contributed by atoms with Gasteiger partial charge in [0, 0.05) is 11.6 Å². The largest absolute Gasteiger partial charge is 0.459 e. The fraction of sp³-hybridized carbons (Fsp3) is 0.333. The molecule has 1 aromatic rings. The standard InChI is InChI=1S/C6H10N2OSSi/c1-11(2)9-8-5-6-7-3-4-10-6/h3-5,11H,1-2H3. The highest BCUT2D eigenvalue weighted by molar-refractivity contribution is 7.11. The molecule has 0 atom stereocenters. The van der Waals surface area contributed by atoms with Gasteiger partial charge in [0.1, 0.15) is 11.2 Å². The molecule has 1 rings (SSSR count). The molecule has 1 heterocycles. The van der Waals surface area contributed by atoms with Gasteiger partial charge in [-0.05, 0) is 13.1 Å². The molecule has 0 saturated heterocycles. The lowest BCUT2D eigenvalue weighted by molar-refractivity contribution is 0.354. The van der Waals surface area contributed by atoms with E-state index in [1.807, 2.05) is 5.38 Å². The van der Waals surface area contributed by atoms with Gasteiger partial charge in [0.25, 0.3) is 9.04 Å². The van der Waals surface area contributed by atoms with Crippen LogP contribution in [0.2, 0.25) is 13.1 Å². The number of nitrogens with zero attached hydrogens (tertiary/aromatic N) is 2. The van der Waals surface area contributed by atoms with Gasteiger partial charge in [-0.15, -0.1) is 16.5 Å². The van der Waals surface area contributed by atoms with Gasteiger partial charge in [-0.2, -0.15) is 0 Å². The van der Waals surface area contributed by atoms with Crippen molar-refractivity contribution < 1.29 is 4.53 Å². The van der Waals surface area contributed by atoms with Gasteiger partial charge in [-0.25, -0.2) is 4.98 Å². The van der Waals surface area contributed by atoms with Crippen LogP contribution >= 0.6 is 11.3 Å². The predicted octanol–water partition coefficient (Wildman–Crippen LogP) is 1.48. The Bertz CT molecular complexity index is 222. The van der Waals surface area contributed by atoms with Crippen LogP contribution in [0.1, 0.15) is 5.01 Å². The second kappa shape index (κ2) is 4.25. The van der Waals surface area contributed by atoms with Crippen molar-refractivity contribution in [2.45, 2.75) is 13.1 Å². The number of oxime groups is 1. The maximum atomic E-state index is 5.09. The lowest BCUT2D eigenvalue weighted by Crippen LogP contribution is -2.01. The van der Waals surface area contributed by atoms with Crippen molar-refractivity contribution >= 4 is 26.6 Å². The molecule has 0 spiro atoms. The molecular weight excluding hydrogens is 176 g/mol. The van der Waals surface area contributed by atoms with Crippen LogP contribution in [0.3, 0.4) is 0 Å². The average molecular weight is 186 g/mol. The summed E-state index contributed by atoms with van der Waals surface area (Å²) in [4.78, 5) is 4.02. The minimum atomic E-state index is -1.01. The second-order valence-corrected chi connectivity index (χ2v) is 5.49. The molecule has 1 aromatic heterocycles. The molecule has 3 nitrogen and oxygen atoms in total. The highest BCUT2D eigenvalue weighted by Gasteiger charge is 1.92. The molecule has 0 fully saturated rings. The first-order valence-electron chi connectivity index (χ1n) is 3.37. The molecule has 11 heavy (non-hydrogen) atoms. The molecule has 5 heteroatoms. The minimum Gasteiger partial charge on any atom is -0.459 e. The van der Waals surface area contributed by atoms with Crippen LogP contribution in [0.25, 0.3) is 0 Å². The SMILES string of the molecule is C[SiH](C)ON=Cc1nccs1. The normalized spacial score (nSPS) is 11.2. The summed E-state index contributed by atoms with van der Waals surface area (Å²) < 4.78 is 5.09. The third-order valence-corrected chi connectivity index (χ3v) is 2.14. The van der Waals surface area contributed by atoms with Crippen molar-refractivity contribution in [1.29, 1.82) is 0 Å². The monoisotopic (exact) mass is 186 g/mol. The molecule has 0 bridgehead atoms. The third kappa shape index (κ3) is 3.29. The molecule has 0 aliphatic carbocycles. The lowest BCUT2D eigenvalue weighted by atomic mass is 10.8. The molecule has 0 radical (unpaired) electrons. The van der Waals surface area contributed by atoms with Gasteiger partial charge in [0.2, 0.25) is 0 Å². The van der Waals surface area contributed by atoms with Gasteiger partial charge >= 0.3 is 0 Å². The molecule has 0 N–H and O–H groups in total. The maximum absolute atomic E-state index is 5.09. The van der Waals surface area contributed by atoms with E-state index >= 15 is 0 Å². The van der Waals surface area contributed by atoms with Gasteiger partial charge in [0.15, 0.2) is 0 Å². The summed E-state index contributed by atoms with van der Waals surface area (Å²) in [5, 5.41) is 6.60. The molecule has 0 saturated carbocycles. The van der Waals surface area contributed by atoms with E-state index in [0.29, 0.717) is 0 Å². The van der Waals surface area contributed by atoms with E-state index in [4.69, 9.17) is 4.53 Å². The van der Waals surface area contributed by atoms with Crippen LogP contribution in [0.15, 0.2) is 16.7 Å². The van der Waals surface area contributed by atoms with Gasteiger partial charge in [-0.1, -0.05) is 0 Å². The van der Waals surface area contributed by atoms with E-state index in [1.165, 1.54) is 0 Å². The summed E-state index contributed by atoms with van der Waals surface area (Å²) in [7, 11) is -1.01. The van der Waals surface area contributed by atoms with Gasteiger partial charge in [-0.3, -0.25) is 0 Å². The van der Waals surface area contributed by atoms with Gasteiger partial charge < -0.3 is 4.53 Å². The molecule has 60 valence electrons. The Labute approximate surface area is 71.5 Å². The molecule has 0 unspecified atom stereocenters. The Balaban J connectivity index is 2.37. The summed E-state index contributed by atoms with van der Waals surface area (Å²) in [5.74, 6) is 0. The number of rotatable bonds is 3. The van der Waals surface area contributed by atoms with E-state index < -0.39 is 9.04 Å². The molecule has 0 aliphatic rings. The van der Waals surface area contributed by atoms with Crippen LogP contribution in [0.4, 0.5) is 0 Å². The number of hydrogen-bond donors (Lipinski definition) is 0. The van der Waals surface area contributed by atoms with Crippen molar-refractivity contribution in [2.24, 2.45) is 5.16 Å². The number of thiazole rings is 1. The quantitative estimate of drug-likeness (QED) is 0.407. The van der Waals surface area contributed by atoms with Crippen molar-refractivity contribution in [3.63, 3.8) is 0 Å². The lowest BCUT2D eigenvalue weighted by Gasteiger charge is -1.97. The van der Waals surface area contributed by atoms with E-state index in [2.05, 4.69) is 23.2 Å². The van der Waals surface area contributed by atoms with Crippen molar-refractivity contribution in [2.75, 3.05) is 0 Å². The van der Waals surface area contributed by atoms with Crippen LogP contribution < -0.4 is 0 Å². The summed E-state index contributed by atoms with van der Waals surface area (Å²) in [6.45, 7) is 4.14. The molecular formula is C6H10N2OSSi. The molecule has 0 amide bonds. The van der Waals surface area contributed by atoms with Crippen LogP contribution in [-0.2, 0) is 4.53 Å². The van der Waals surface area contributed by atoms with Crippen molar-refractivity contribution in [1.82, 2.24) is 4.98 Å². The maximum Gasteiger partial charge on any atom is 0.266 e. The van der Waals surface area contributed by atoms with E-state index in [1.54, 1.807) is 23.7 Å². The number of hydrogen-bond acceptors (Lipinski definition) is 4. The minimum absolute atomic E-state index is 0.889. The second-order valence-electron chi connectivity index (χ2n) is 2.26. The zero-order valence-electron chi connectivity index (χ0n) is 6.52. The Morgan fingerprint density at radius 3 is 3.09 bits per heavy atom. The highest BCUT2D eigenvalue weighted by Crippen LogP contribution is 1.99. The number of aromatic nitrogens is 1. The first kappa shape index (κ1) is 8.41. The Kier molecular flexibility index (Phi) is 3.25. The molecule has 0 aliphatic heterocycles. The van der Waals surface area contributed by atoms with Crippen LogP contribution in [0, 0.1) is 0 Å². The predicted molar refractivity (Wildman–Crippen MR) is 49.7 cm³/mol. The summed E-state index contributed by atoms with van der Waals surface area (Å²) in [6.07, 6.45) is 3.40. The molecule has 0 aromatic carbocycles. The van der Waals surface area contributed by atoms with E-state index in [-0.39, 0.29) is 0 Å². The van der Waals surface area contributed by atoms with Crippen molar-refractivity contribution in [3.05, 3.63) is 16.6 Å². The van der Waals surface area contributed by atoms with Crippen molar-refractivity contribution in [3.8, 4) is 0 Å². The zero-order valence-corrected chi connectivity index (χ0v) is 8.49. The highest BCUT2D eigenvalue weighted by atomic mass is 32.1. The van der Waals surface area contributed by atoms with Crippen LogP contribution in [0.5, 0.6) is 0 Å². The third-order valence-electron chi connectivity index (χ3n) is 0.886.